The fraction of sp³-hybridized carbons (Fsp3) is 0.429. The minimum atomic E-state index is 0.506. The second kappa shape index (κ2) is 8.05. The smallest absolute Gasteiger partial charge is 0.0345 e. The van der Waals surface area contributed by atoms with Crippen LogP contribution in [-0.2, 0) is 0 Å². The van der Waals surface area contributed by atoms with Gasteiger partial charge in [0.25, 0.3) is 0 Å². The highest BCUT2D eigenvalue weighted by Crippen LogP contribution is 2.27. The number of hydrogen-bond acceptors (Lipinski definition) is 2. The monoisotopic (exact) mass is 310 g/mol. The molecule has 0 fully saturated rings. The van der Waals surface area contributed by atoms with Crippen LogP contribution in [0.25, 0.3) is 11.1 Å². The summed E-state index contributed by atoms with van der Waals surface area (Å²) in [4.78, 5) is 0. The van der Waals surface area contributed by atoms with Crippen LogP contribution in [0.2, 0.25) is 0 Å². The van der Waals surface area contributed by atoms with Crippen LogP contribution in [0.3, 0.4) is 0 Å². The van der Waals surface area contributed by atoms with Gasteiger partial charge >= 0.3 is 0 Å². The topological polar surface area (TPSA) is 24.1 Å². The maximum Gasteiger partial charge on any atom is 0.0345 e. The first-order chi connectivity index (χ1) is 11.0. The molecule has 0 spiro atoms. The van der Waals surface area contributed by atoms with Crippen LogP contribution in [0.4, 0.5) is 11.4 Å². The summed E-state index contributed by atoms with van der Waals surface area (Å²) in [5.74, 6) is 0. The van der Waals surface area contributed by atoms with Crippen LogP contribution < -0.4 is 10.6 Å². The molecule has 2 atom stereocenters. The molecule has 2 unspecified atom stereocenters. The summed E-state index contributed by atoms with van der Waals surface area (Å²) < 4.78 is 0. The minimum absolute atomic E-state index is 0.506. The molecule has 0 aliphatic carbocycles. The van der Waals surface area contributed by atoms with E-state index in [1.54, 1.807) is 0 Å². The molecule has 0 bridgehead atoms. The number of benzene rings is 2. The van der Waals surface area contributed by atoms with Crippen molar-refractivity contribution in [1.82, 2.24) is 0 Å². The summed E-state index contributed by atoms with van der Waals surface area (Å²) in [5.41, 5.74) is 6.27. The van der Waals surface area contributed by atoms with Crippen molar-refractivity contribution in [2.75, 3.05) is 10.6 Å². The molecule has 0 aliphatic heterocycles. The van der Waals surface area contributed by atoms with E-state index in [1.165, 1.54) is 28.1 Å². The van der Waals surface area contributed by atoms with Crippen LogP contribution in [0.5, 0.6) is 0 Å². The fourth-order valence-corrected chi connectivity index (χ4v) is 2.60. The maximum atomic E-state index is 3.54. The van der Waals surface area contributed by atoms with Crippen molar-refractivity contribution in [1.29, 1.82) is 0 Å². The lowest BCUT2D eigenvalue weighted by Crippen LogP contribution is -2.13. The van der Waals surface area contributed by atoms with Crippen LogP contribution >= 0.6 is 0 Å². The molecule has 2 heteroatoms. The van der Waals surface area contributed by atoms with Gasteiger partial charge in [-0.05, 0) is 74.6 Å². The Bertz CT molecular complexity index is 616. The van der Waals surface area contributed by atoms with Gasteiger partial charge in [-0.1, -0.05) is 32.0 Å². The molecule has 0 amide bonds. The zero-order valence-electron chi connectivity index (χ0n) is 15.1. The van der Waals surface area contributed by atoms with E-state index in [9.17, 15) is 0 Å². The second-order valence-electron chi connectivity index (χ2n) is 6.51. The van der Waals surface area contributed by atoms with E-state index >= 15 is 0 Å². The number of nitrogens with one attached hydrogen (secondary N) is 2. The third kappa shape index (κ3) is 4.75. The number of aryl methyl sites for hydroxylation is 1. The van der Waals surface area contributed by atoms with E-state index < -0.39 is 0 Å². The Morgan fingerprint density at radius 2 is 1.30 bits per heavy atom. The van der Waals surface area contributed by atoms with Gasteiger partial charge in [0.05, 0.1) is 0 Å². The zero-order chi connectivity index (χ0) is 16.8. The summed E-state index contributed by atoms with van der Waals surface area (Å²) in [5, 5.41) is 7.05. The van der Waals surface area contributed by atoms with Crippen LogP contribution in [-0.4, -0.2) is 12.1 Å². The molecule has 124 valence electrons. The molecule has 0 radical (unpaired) electrons. The molecular weight excluding hydrogens is 280 g/mol. The molecule has 2 aromatic carbocycles. The van der Waals surface area contributed by atoms with Gasteiger partial charge < -0.3 is 10.6 Å². The van der Waals surface area contributed by atoms with Crippen molar-refractivity contribution >= 4 is 11.4 Å². The van der Waals surface area contributed by atoms with Crippen LogP contribution in [0.1, 0.15) is 46.1 Å². The van der Waals surface area contributed by atoms with Gasteiger partial charge in [0, 0.05) is 23.5 Å². The van der Waals surface area contributed by atoms with E-state index in [4.69, 9.17) is 0 Å². The first kappa shape index (κ1) is 17.4. The fourth-order valence-electron chi connectivity index (χ4n) is 2.60. The predicted octanol–water partition coefficient (Wildman–Crippen LogP) is 6.08. The lowest BCUT2D eigenvalue weighted by molar-refractivity contribution is 0.764. The van der Waals surface area contributed by atoms with Crippen molar-refractivity contribution < 1.29 is 0 Å². The van der Waals surface area contributed by atoms with Crippen molar-refractivity contribution in [3.8, 4) is 11.1 Å². The quantitative estimate of drug-likeness (QED) is 0.647. The van der Waals surface area contributed by atoms with Gasteiger partial charge in [0.2, 0.25) is 0 Å². The molecule has 0 aliphatic rings. The lowest BCUT2D eigenvalue weighted by Gasteiger charge is -2.16. The third-order valence-electron chi connectivity index (χ3n) is 4.47. The summed E-state index contributed by atoms with van der Waals surface area (Å²) in [6.45, 7) is 11.0. The highest BCUT2D eigenvalue weighted by molar-refractivity contribution is 5.71. The molecule has 0 saturated heterocycles. The molecular formula is C21H30N2. The Labute approximate surface area is 141 Å². The van der Waals surface area contributed by atoms with Crippen molar-refractivity contribution in [3.63, 3.8) is 0 Å². The summed E-state index contributed by atoms with van der Waals surface area (Å²) in [6.07, 6.45) is 2.26. The number of hydrogen-bond donors (Lipinski definition) is 2. The maximum absolute atomic E-state index is 3.54. The van der Waals surface area contributed by atoms with Gasteiger partial charge in [-0.15, -0.1) is 0 Å². The van der Waals surface area contributed by atoms with Crippen LogP contribution in [0.15, 0.2) is 42.5 Å². The van der Waals surface area contributed by atoms with E-state index in [2.05, 4.69) is 87.7 Å². The SMILES string of the molecule is CCC(C)Nc1ccc(-c2ccc(NC(C)CC)cc2C)cc1. The van der Waals surface area contributed by atoms with Gasteiger partial charge in [-0.3, -0.25) is 0 Å². The molecule has 2 aromatic rings. The zero-order valence-corrected chi connectivity index (χ0v) is 15.1. The molecule has 2 nitrogen and oxygen atoms in total. The van der Waals surface area contributed by atoms with Crippen LogP contribution in [0, 0.1) is 6.92 Å². The van der Waals surface area contributed by atoms with E-state index in [0.717, 1.165) is 12.8 Å². The minimum Gasteiger partial charge on any atom is -0.383 e. The predicted molar refractivity (Wildman–Crippen MR) is 103 cm³/mol. The van der Waals surface area contributed by atoms with E-state index in [-0.39, 0.29) is 0 Å². The Morgan fingerprint density at radius 1 is 0.783 bits per heavy atom. The van der Waals surface area contributed by atoms with Gasteiger partial charge in [-0.2, -0.15) is 0 Å². The molecule has 0 saturated carbocycles. The summed E-state index contributed by atoms with van der Waals surface area (Å²) in [7, 11) is 0. The molecule has 0 heterocycles. The molecule has 2 rings (SSSR count). The van der Waals surface area contributed by atoms with E-state index in [0.29, 0.717) is 12.1 Å². The third-order valence-corrected chi connectivity index (χ3v) is 4.47. The van der Waals surface area contributed by atoms with Gasteiger partial charge in [0.1, 0.15) is 0 Å². The van der Waals surface area contributed by atoms with Crippen molar-refractivity contribution in [2.45, 2.75) is 59.5 Å². The van der Waals surface area contributed by atoms with Crippen molar-refractivity contribution in [2.24, 2.45) is 0 Å². The molecule has 23 heavy (non-hydrogen) atoms. The highest BCUT2D eigenvalue weighted by atomic mass is 14.9. The Morgan fingerprint density at radius 3 is 1.83 bits per heavy atom. The normalized spacial score (nSPS) is 13.4. The number of anilines is 2. The van der Waals surface area contributed by atoms with E-state index in [1.807, 2.05) is 0 Å². The number of rotatable bonds is 7. The Balaban J connectivity index is 2.15. The Hall–Kier alpha value is -1.96. The first-order valence-electron chi connectivity index (χ1n) is 8.77. The average molecular weight is 310 g/mol. The van der Waals surface area contributed by atoms with Gasteiger partial charge in [-0.25, -0.2) is 0 Å². The highest BCUT2D eigenvalue weighted by Gasteiger charge is 2.06. The van der Waals surface area contributed by atoms with Gasteiger partial charge in [0.15, 0.2) is 0 Å². The average Bonchev–Trinajstić information content (AvgIpc) is 2.55. The summed E-state index contributed by atoms with van der Waals surface area (Å²) >= 11 is 0. The first-order valence-corrected chi connectivity index (χ1v) is 8.77. The van der Waals surface area contributed by atoms with Crippen molar-refractivity contribution in [3.05, 3.63) is 48.0 Å². The summed E-state index contributed by atoms with van der Waals surface area (Å²) in [6, 6.07) is 16.4. The largest absolute Gasteiger partial charge is 0.383 e. The molecule has 2 N–H and O–H groups in total. The standard InChI is InChI=1S/C21H30N2/c1-6-16(4)22-19-10-8-18(9-11-19)21-13-12-20(14-15(21)3)23-17(5)7-2/h8-14,16-17,22-23H,6-7H2,1-5H3. The lowest BCUT2D eigenvalue weighted by atomic mass is 9.99. The second-order valence-corrected chi connectivity index (χ2v) is 6.51. The Kier molecular flexibility index (Phi) is 6.09. The molecule has 0 aromatic heterocycles.